The summed E-state index contributed by atoms with van der Waals surface area (Å²) in [5, 5.41) is 29.4. The zero-order valence-electron chi connectivity index (χ0n) is 24.6. The molecule has 222 valence electrons. The zero-order valence-corrected chi connectivity index (χ0v) is 24.6. The first-order valence-corrected chi connectivity index (χ1v) is 14.8. The number of anilines is 1. The average Bonchev–Trinajstić information content (AvgIpc) is 3.48. The Balaban J connectivity index is 1.28. The van der Waals surface area contributed by atoms with Crippen LogP contribution in [0.15, 0.2) is 67.3 Å². The van der Waals surface area contributed by atoms with Crippen LogP contribution in [-0.4, -0.2) is 48.4 Å². The van der Waals surface area contributed by atoms with Gasteiger partial charge in [0, 0.05) is 49.6 Å². The fraction of sp³-hybridized carbons (Fsp3) is 0.394. The molecule has 3 heterocycles. The summed E-state index contributed by atoms with van der Waals surface area (Å²) in [4.78, 5) is 27.6. The first-order chi connectivity index (χ1) is 20.9. The van der Waals surface area contributed by atoms with E-state index in [4.69, 9.17) is 4.98 Å². The van der Waals surface area contributed by atoms with Crippen molar-refractivity contribution >= 4 is 11.7 Å². The summed E-state index contributed by atoms with van der Waals surface area (Å²) in [6, 6.07) is 15.8. The number of nitrogens with one attached hydrogen (secondary N) is 2. The molecule has 1 aliphatic carbocycles. The first-order valence-electron chi connectivity index (χ1n) is 14.8. The van der Waals surface area contributed by atoms with Crippen LogP contribution in [-0.2, 0) is 24.8 Å². The van der Waals surface area contributed by atoms with Gasteiger partial charge in [0.1, 0.15) is 23.3 Å². The molecule has 2 atom stereocenters. The van der Waals surface area contributed by atoms with E-state index in [1.54, 1.807) is 10.9 Å². The third-order valence-electron chi connectivity index (χ3n) is 8.19. The summed E-state index contributed by atoms with van der Waals surface area (Å²) in [6.07, 6.45) is 11.5. The summed E-state index contributed by atoms with van der Waals surface area (Å²) in [6.45, 7) is 2.24. The number of rotatable bonds is 11. The number of carbonyl (C=O) groups is 1. The number of nitrogens with zero attached hydrogens (tertiary/aromatic N) is 6. The smallest absolute Gasteiger partial charge is 0.229 e. The van der Waals surface area contributed by atoms with Crippen LogP contribution in [0.2, 0.25) is 0 Å². The Morgan fingerprint density at radius 1 is 1.07 bits per heavy atom. The van der Waals surface area contributed by atoms with Gasteiger partial charge >= 0.3 is 0 Å². The molecule has 3 aromatic heterocycles. The zero-order chi connectivity index (χ0) is 30.2. The van der Waals surface area contributed by atoms with Gasteiger partial charge in [0.2, 0.25) is 5.91 Å². The fourth-order valence-corrected chi connectivity index (χ4v) is 5.79. The maximum Gasteiger partial charge on any atom is 0.229 e. The lowest BCUT2D eigenvalue weighted by Crippen LogP contribution is -2.35. The van der Waals surface area contributed by atoms with Gasteiger partial charge in [-0.25, -0.2) is 9.97 Å². The van der Waals surface area contributed by atoms with E-state index in [0.717, 1.165) is 48.1 Å². The van der Waals surface area contributed by atoms with E-state index in [1.807, 2.05) is 75.0 Å². The van der Waals surface area contributed by atoms with Crippen LogP contribution < -0.4 is 10.6 Å². The maximum atomic E-state index is 13.7. The van der Waals surface area contributed by atoms with Crippen molar-refractivity contribution in [3.05, 3.63) is 89.9 Å². The lowest BCUT2D eigenvalue weighted by molar-refractivity contribution is -0.124. The molecule has 3 N–H and O–H groups in total. The Morgan fingerprint density at radius 2 is 1.86 bits per heavy atom. The SMILES string of the molecule is CC(CO)Nc1nc(CC2CCC(C(C(=O)NCc3ccccc3)c3ccc(-c4cnn(C)c4)cn3)CC2)ncc1C#N. The van der Waals surface area contributed by atoms with Crippen molar-refractivity contribution in [3.63, 3.8) is 0 Å². The maximum absolute atomic E-state index is 13.7. The largest absolute Gasteiger partial charge is 0.394 e. The number of pyridine rings is 1. The quantitative estimate of drug-likeness (QED) is 0.238. The van der Waals surface area contributed by atoms with Crippen LogP contribution in [0.4, 0.5) is 5.82 Å². The van der Waals surface area contributed by atoms with Crippen molar-refractivity contribution in [2.24, 2.45) is 18.9 Å². The second kappa shape index (κ2) is 14.0. The second-order valence-electron chi connectivity index (χ2n) is 11.4. The van der Waals surface area contributed by atoms with E-state index in [2.05, 4.69) is 31.8 Å². The summed E-state index contributed by atoms with van der Waals surface area (Å²) >= 11 is 0. The molecule has 4 aromatic rings. The number of aliphatic hydroxyl groups is 1. The topological polar surface area (TPSA) is 142 Å². The summed E-state index contributed by atoms with van der Waals surface area (Å²) in [7, 11) is 1.88. The highest BCUT2D eigenvalue weighted by molar-refractivity contribution is 5.83. The molecule has 0 radical (unpaired) electrons. The predicted octanol–water partition coefficient (Wildman–Crippen LogP) is 4.39. The minimum Gasteiger partial charge on any atom is -0.394 e. The number of hydrogen-bond acceptors (Lipinski definition) is 8. The molecule has 1 saturated carbocycles. The van der Waals surface area contributed by atoms with E-state index >= 15 is 0 Å². The number of benzene rings is 1. The molecular weight excluding hydrogens is 540 g/mol. The van der Waals surface area contributed by atoms with Gasteiger partial charge in [-0.2, -0.15) is 10.4 Å². The van der Waals surface area contributed by atoms with Gasteiger partial charge in [-0.15, -0.1) is 0 Å². The monoisotopic (exact) mass is 578 g/mol. The molecule has 2 unspecified atom stereocenters. The Morgan fingerprint density at radius 3 is 2.51 bits per heavy atom. The molecule has 43 heavy (non-hydrogen) atoms. The molecule has 5 rings (SSSR count). The molecule has 1 fully saturated rings. The van der Waals surface area contributed by atoms with Gasteiger partial charge in [-0.3, -0.25) is 14.5 Å². The number of aliphatic hydroxyl groups excluding tert-OH is 1. The van der Waals surface area contributed by atoms with Gasteiger partial charge in [0.25, 0.3) is 0 Å². The molecule has 0 spiro atoms. The molecule has 10 heteroatoms. The lowest BCUT2D eigenvalue weighted by Gasteiger charge is -2.33. The minimum absolute atomic E-state index is 0.00178. The predicted molar refractivity (Wildman–Crippen MR) is 164 cm³/mol. The van der Waals surface area contributed by atoms with E-state index in [1.165, 1.54) is 0 Å². The number of carbonyl (C=O) groups excluding carboxylic acids is 1. The van der Waals surface area contributed by atoms with Crippen LogP contribution in [0.3, 0.4) is 0 Å². The number of hydrogen-bond donors (Lipinski definition) is 3. The summed E-state index contributed by atoms with van der Waals surface area (Å²) in [5.41, 5.74) is 4.16. The fourth-order valence-electron chi connectivity index (χ4n) is 5.79. The Kier molecular flexibility index (Phi) is 9.74. The van der Waals surface area contributed by atoms with Crippen molar-refractivity contribution in [3.8, 4) is 17.2 Å². The Hall–Kier alpha value is -4.62. The molecule has 1 aromatic carbocycles. The molecule has 1 aliphatic rings. The van der Waals surface area contributed by atoms with E-state index in [9.17, 15) is 15.2 Å². The average molecular weight is 579 g/mol. The highest BCUT2D eigenvalue weighted by Crippen LogP contribution is 2.39. The highest BCUT2D eigenvalue weighted by atomic mass is 16.3. The molecule has 0 saturated heterocycles. The van der Waals surface area contributed by atoms with E-state index in [0.29, 0.717) is 36.1 Å². The van der Waals surface area contributed by atoms with Crippen molar-refractivity contribution < 1.29 is 9.90 Å². The third-order valence-corrected chi connectivity index (χ3v) is 8.19. The number of amides is 1. The summed E-state index contributed by atoms with van der Waals surface area (Å²) < 4.78 is 1.76. The van der Waals surface area contributed by atoms with Gasteiger partial charge in [-0.1, -0.05) is 36.4 Å². The van der Waals surface area contributed by atoms with E-state index < -0.39 is 0 Å². The van der Waals surface area contributed by atoms with E-state index in [-0.39, 0.29) is 30.4 Å². The van der Waals surface area contributed by atoms with Crippen LogP contribution in [0.1, 0.15) is 61.2 Å². The molecule has 10 nitrogen and oxygen atoms in total. The standard InChI is InChI=1S/C33H38N8O2/c1-22(21-42)39-32-27(15-34)18-36-30(40-32)14-23-8-10-25(11-9-23)31(33(43)37-16-24-6-4-3-5-7-24)29-13-12-26(17-35-29)28-19-38-41(2)20-28/h3-7,12-13,17-20,22-23,25,31,42H,8-11,14,16,21H2,1-2H3,(H,37,43)(H,36,39,40). The van der Waals surface area contributed by atoms with Crippen LogP contribution in [0.5, 0.6) is 0 Å². The van der Waals surface area contributed by atoms with Gasteiger partial charge in [0.15, 0.2) is 0 Å². The van der Waals surface area contributed by atoms with Gasteiger partial charge in [0.05, 0.1) is 30.6 Å². The first kappa shape index (κ1) is 29.9. The third kappa shape index (κ3) is 7.62. The summed E-state index contributed by atoms with van der Waals surface area (Å²) in [5.74, 6) is 1.32. The minimum atomic E-state index is -0.352. The second-order valence-corrected chi connectivity index (χ2v) is 11.4. The lowest BCUT2D eigenvalue weighted by atomic mass is 9.73. The molecular formula is C33H38N8O2. The number of aryl methyl sites for hydroxylation is 1. The van der Waals surface area contributed by atoms with Crippen molar-refractivity contribution in [1.29, 1.82) is 5.26 Å². The number of nitriles is 1. The van der Waals surface area contributed by atoms with Crippen LogP contribution in [0, 0.1) is 23.2 Å². The molecule has 1 amide bonds. The van der Waals surface area contributed by atoms with Crippen molar-refractivity contribution in [2.75, 3.05) is 11.9 Å². The Bertz CT molecular complexity index is 1540. The Labute approximate surface area is 252 Å². The van der Waals surface area contributed by atoms with Gasteiger partial charge in [-0.05, 0) is 56.1 Å². The van der Waals surface area contributed by atoms with Gasteiger partial charge < -0.3 is 15.7 Å². The van der Waals surface area contributed by atoms with Crippen LogP contribution in [0.25, 0.3) is 11.1 Å². The van der Waals surface area contributed by atoms with Crippen molar-refractivity contribution in [1.82, 2.24) is 30.0 Å². The molecule has 0 bridgehead atoms. The highest BCUT2D eigenvalue weighted by Gasteiger charge is 2.34. The van der Waals surface area contributed by atoms with Crippen LogP contribution >= 0.6 is 0 Å². The normalized spacial score (nSPS) is 17.9. The number of aromatic nitrogens is 5. The van der Waals surface area contributed by atoms with Crippen molar-refractivity contribution in [2.45, 2.75) is 57.5 Å². The molecule has 0 aliphatic heterocycles.